The Labute approximate surface area is 165 Å². The van der Waals surface area contributed by atoms with Crippen molar-refractivity contribution in [2.24, 2.45) is 0 Å². The van der Waals surface area contributed by atoms with Gasteiger partial charge in [0.15, 0.2) is 6.61 Å². The summed E-state index contributed by atoms with van der Waals surface area (Å²) in [4.78, 5) is 12.2. The van der Waals surface area contributed by atoms with Crippen LogP contribution in [0.25, 0.3) is 0 Å². The maximum absolute atomic E-state index is 12.5. The van der Waals surface area contributed by atoms with Crippen LogP contribution in [0.1, 0.15) is 25.0 Å². The van der Waals surface area contributed by atoms with E-state index in [2.05, 4.69) is 5.32 Å². The Morgan fingerprint density at radius 3 is 2.43 bits per heavy atom. The molecule has 7 nitrogen and oxygen atoms in total. The Balaban J connectivity index is 1.89. The van der Waals surface area contributed by atoms with Crippen molar-refractivity contribution < 1.29 is 17.9 Å². The van der Waals surface area contributed by atoms with Gasteiger partial charge in [0.25, 0.3) is 5.91 Å². The average molecular weight is 401 g/mol. The van der Waals surface area contributed by atoms with Gasteiger partial charge in [0.1, 0.15) is 5.75 Å². The Morgan fingerprint density at radius 2 is 1.82 bits per heavy atom. The number of nitrogens with zero attached hydrogens (tertiary/aromatic N) is 2. The van der Waals surface area contributed by atoms with Crippen molar-refractivity contribution >= 4 is 15.9 Å². The van der Waals surface area contributed by atoms with Crippen molar-refractivity contribution in [3.63, 3.8) is 0 Å². The third-order valence-corrected chi connectivity index (χ3v) is 6.15. The summed E-state index contributed by atoms with van der Waals surface area (Å²) in [6.45, 7) is 4.49. The molecule has 0 heterocycles. The summed E-state index contributed by atoms with van der Waals surface area (Å²) in [6.07, 6.45) is 0. The normalized spacial score (nSPS) is 11.1. The van der Waals surface area contributed by atoms with E-state index in [9.17, 15) is 13.2 Å². The second kappa shape index (κ2) is 9.88. The largest absolute Gasteiger partial charge is 0.484 e. The second-order valence-corrected chi connectivity index (χ2v) is 7.88. The molecule has 0 aromatic heterocycles. The Bertz CT molecular complexity index is 946. The molecular weight excluding hydrogens is 378 g/mol. The Kier molecular flexibility index (Phi) is 7.55. The van der Waals surface area contributed by atoms with Gasteiger partial charge in [-0.1, -0.05) is 32.0 Å². The van der Waals surface area contributed by atoms with E-state index in [0.29, 0.717) is 24.4 Å². The third kappa shape index (κ3) is 5.55. The molecular formula is C20H23N3O4S. The van der Waals surface area contributed by atoms with E-state index in [0.717, 1.165) is 5.56 Å². The van der Waals surface area contributed by atoms with Crippen LogP contribution in [-0.4, -0.2) is 38.3 Å². The second-order valence-electron chi connectivity index (χ2n) is 5.94. The summed E-state index contributed by atoms with van der Waals surface area (Å²) >= 11 is 0. The number of benzene rings is 2. The molecule has 28 heavy (non-hydrogen) atoms. The van der Waals surface area contributed by atoms with Gasteiger partial charge in [-0.3, -0.25) is 4.79 Å². The van der Waals surface area contributed by atoms with Crippen LogP contribution in [-0.2, 0) is 21.4 Å². The number of amides is 1. The van der Waals surface area contributed by atoms with E-state index >= 15 is 0 Å². The van der Waals surface area contributed by atoms with Gasteiger partial charge in [0, 0.05) is 19.6 Å². The van der Waals surface area contributed by atoms with Crippen LogP contribution in [0.2, 0.25) is 0 Å². The molecule has 0 bridgehead atoms. The topological polar surface area (TPSA) is 99.5 Å². The highest BCUT2D eigenvalue weighted by Gasteiger charge is 2.21. The first-order valence-electron chi connectivity index (χ1n) is 8.89. The van der Waals surface area contributed by atoms with E-state index in [-0.39, 0.29) is 24.0 Å². The molecule has 0 fully saturated rings. The van der Waals surface area contributed by atoms with E-state index < -0.39 is 10.0 Å². The van der Waals surface area contributed by atoms with Gasteiger partial charge in [0.2, 0.25) is 10.0 Å². The maximum atomic E-state index is 12.5. The average Bonchev–Trinajstić information content (AvgIpc) is 2.72. The van der Waals surface area contributed by atoms with Crippen molar-refractivity contribution in [1.82, 2.24) is 9.62 Å². The van der Waals surface area contributed by atoms with Crippen molar-refractivity contribution in [1.29, 1.82) is 5.26 Å². The van der Waals surface area contributed by atoms with Crippen molar-refractivity contribution in [3.8, 4) is 11.8 Å². The van der Waals surface area contributed by atoms with Gasteiger partial charge in [-0.15, -0.1) is 0 Å². The zero-order chi connectivity index (χ0) is 20.6. The highest BCUT2D eigenvalue weighted by Crippen LogP contribution is 2.16. The van der Waals surface area contributed by atoms with Crippen molar-refractivity contribution in [2.75, 3.05) is 19.7 Å². The molecule has 0 unspecified atom stereocenters. The fourth-order valence-corrected chi connectivity index (χ4v) is 4.01. The predicted octanol–water partition coefficient (Wildman–Crippen LogP) is 2.28. The lowest BCUT2D eigenvalue weighted by Gasteiger charge is -2.18. The smallest absolute Gasteiger partial charge is 0.258 e. The molecule has 1 N–H and O–H groups in total. The molecule has 0 saturated heterocycles. The zero-order valence-electron chi connectivity index (χ0n) is 15.9. The van der Waals surface area contributed by atoms with Gasteiger partial charge < -0.3 is 10.1 Å². The van der Waals surface area contributed by atoms with E-state index in [4.69, 9.17) is 10.00 Å². The van der Waals surface area contributed by atoms with Crippen LogP contribution in [0.15, 0.2) is 53.4 Å². The fraction of sp³-hybridized carbons (Fsp3) is 0.300. The number of nitrogens with one attached hydrogen (secondary N) is 1. The van der Waals surface area contributed by atoms with Gasteiger partial charge in [0.05, 0.1) is 16.5 Å². The molecule has 0 aliphatic heterocycles. The molecule has 0 aliphatic rings. The van der Waals surface area contributed by atoms with E-state index in [1.165, 1.54) is 4.31 Å². The number of nitriles is 1. The molecule has 2 aromatic carbocycles. The molecule has 0 aliphatic carbocycles. The SMILES string of the molecule is CCN(CC)S(=O)(=O)c1ccc(CNC(=O)COc2cccc(C#N)c2)cc1. The minimum absolute atomic E-state index is 0.177. The van der Waals surface area contributed by atoms with Gasteiger partial charge >= 0.3 is 0 Å². The number of carbonyl (C=O) groups excluding carboxylic acids is 1. The van der Waals surface area contributed by atoms with Crippen LogP contribution < -0.4 is 10.1 Å². The highest BCUT2D eigenvalue weighted by molar-refractivity contribution is 7.89. The van der Waals surface area contributed by atoms with Crippen LogP contribution in [0.5, 0.6) is 5.75 Å². The Morgan fingerprint density at radius 1 is 1.14 bits per heavy atom. The fourth-order valence-electron chi connectivity index (χ4n) is 2.55. The molecule has 2 aromatic rings. The number of sulfonamides is 1. The molecule has 0 radical (unpaired) electrons. The Hall–Kier alpha value is -2.89. The van der Waals surface area contributed by atoms with Crippen LogP contribution in [0.3, 0.4) is 0 Å². The lowest BCUT2D eigenvalue weighted by molar-refractivity contribution is -0.123. The molecule has 0 spiro atoms. The third-order valence-electron chi connectivity index (χ3n) is 4.09. The quantitative estimate of drug-likeness (QED) is 0.695. The standard InChI is InChI=1S/C20H23N3O4S/c1-3-23(4-2)28(25,26)19-10-8-16(9-11-19)14-22-20(24)15-27-18-7-5-6-17(12-18)13-21/h5-12H,3-4,14-15H2,1-2H3,(H,22,24). The van der Waals surface area contributed by atoms with Crippen LogP contribution >= 0.6 is 0 Å². The minimum atomic E-state index is -3.49. The molecule has 1 amide bonds. The summed E-state index contributed by atoms with van der Waals surface area (Å²) in [7, 11) is -3.49. The summed E-state index contributed by atoms with van der Waals surface area (Å²) in [5, 5.41) is 11.6. The maximum Gasteiger partial charge on any atom is 0.258 e. The zero-order valence-corrected chi connectivity index (χ0v) is 16.7. The van der Waals surface area contributed by atoms with Gasteiger partial charge in [-0.25, -0.2) is 8.42 Å². The first-order chi connectivity index (χ1) is 13.4. The lowest BCUT2D eigenvalue weighted by Crippen LogP contribution is -2.30. The van der Waals surface area contributed by atoms with E-state index in [1.54, 1.807) is 62.4 Å². The highest BCUT2D eigenvalue weighted by atomic mass is 32.2. The number of hydrogen-bond acceptors (Lipinski definition) is 5. The number of carbonyl (C=O) groups is 1. The summed E-state index contributed by atoms with van der Waals surface area (Å²) < 4.78 is 31.7. The van der Waals surface area contributed by atoms with Gasteiger partial charge in [-0.2, -0.15) is 9.57 Å². The number of rotatable bonds is 9. The minimum Gasteiger partial charge on any atom is -0.484 e. The number of hydrogen-bond donors (Lipinski definition) is 1. The van der Waals surface area contributed by atoms with Crippen molar-refractivity contribution in [2.45, 2.75) is 25.3 Å². The first kappa shape index (κ1) is 21.4. The monoisotopic (exact) mass is 401 g/mol. The summed E-state index contributed by atoms with van der Waals surface area (Å²) in [6, 6.07) is 15.0. The molecule has 0 atom stereocenters. The van der Waals surface area contributed by atoms with Crippen LogP contribution in [0.4, 0.5) is 0 Å². The molecule has 0 saturated carbocycles. The number of ether oxygens (including phenoxy) is 1. The summed E-state index contributed by atoms with van der Waals surface area (Å²) in [5.41, 5.74) is 1.23. The van der Waals surface area contributed by atoms with Crippen LogP contribution in [0, 0.1) is 11.3 Å². The first-order valence-corrected chi connectivity index (χ1v) is 10.3. The van der Waals surface area contributed by atoms with Crippen molar-refractivity contribution in [3.05, 3.63) is 59.7 Å². The lowest BCUT2D eigenvalue weighted by atomic mass is 10.2. The summed E-state index contributed by atoms with van der Waals surface area (Å²) in [5.74, 6) is 0.127. The molecule has 148 valence electrons. The van der Waals surface area contributed by atoms with E-state index in [1.807, 2.05) is 6.07 Å². The molecule has 8 heteroatoms. The predicted molar refractivity (Wildman–Crippen MR) is 105 cm³/mol. The molecule has 2 rings (SSSR count). The van der Waals surface area contributed by atoms with Gasteiger partial charge in [-0.05, 0) is 35.9 Å².